The second-order valence-corrected chi connectivity index (χ2v) is 6.48. The molecule has 148 valence electrons. The molecule has 2 N–H and O–H groups in total. The summed E-state index contributed by atoms with van der Waals surface area (Å²) in [6.45, 7) is 0.218. The quantitative estimate of drug-likeness (QED) is 0.581. The van der Waals surface area contributed by atoms with E-state index in [1.807, 2.05) is 30.3 Å². The molecule has 0 saturated heterocycles. The molecule has 7 heteroatoms. The summed E-state index contributed by atoms with van der Waals surface area (Å²) < 4.78 is 11.1. The molecule has 0 radical (unpaired) electrons. The molecule has 0 aliphatic heterocycles. The normalized spacial score (nSPS) is 10.1. The summed E-state index contributed by atoms with van der Waals surface area (Å²) in [6, 6.07) is 23.2. The highest BCUT2D eigenvalue weighted by Gasteiger charge is 2.08. The van der Waals surface area contributed by atoms with E-state index in [0.717, 1.165) is 5.56 Å². The molecule has 0 saturated carbocycles. The SMILES string of the molecule is O=C(COc1ccc(OCc2ccccc2)cc1)NNC(=O)c1cccc(Cl)c1. The summed E-state index contributed by atoms with van der Waals surface area (Å²) in [7, 11) is 0. The van der Waals surface area contributed by atoms with Crippen LogP contribution in [-0.4, -0.2) is 18.4 Å². The van der Waals surface area contributed by atoms with Crippen molar-refractivity contribution in [2.24, 2.45) is 0 Å². The first-order valence-corrected chi connectivity index (χ1v) is 9.22. The second kappa shape index (κ2) is 10.1. The van der Waals surface area contributed by atoms with Crippen LogP contribution in [0.1, 0.15) is 15.9 Å². The Morgan fingerprint density at radius 1 is 0.793 bits per heavy atom. The van der Waals surface area contributed by atoms with Crippen molar-refractivity contribution in [1.82, 2.24) is 10.9 Å². The molecular formula is C22H19ClN2O4. The van der Waals surface area contributed by atoms with Gasteiger partial charge in [0.1, 0.15) is 18.1 Å². The van der Waals surface area contributed by atoms with Crippen molar-refractivity contribution in [3.63, 3.8) is 0 Å². The Morgan fingerprint density at radius 3 is 2.17 bits per heavy atom. The summed E-state index contributed by atoms with van der Waals surface area (Å²) in [5.41, 5.74) is 6.01. The highest BCUT2D eigenvalue weighted by atomic mass is 35.5. The lowest BCUT2D eigenvalue weighted by Crippen LogP contribution is -2.43. The molecule has 0 aromatic heterocycles. The number of ether oxygens (including phenoxy) is 2. The standard InChI is InChI=1S/C22H19ClN2O4/c23-18-8-4-7-17(13-18)22(27)25-24-21(26)15-29-20-11-9-19(10-12-20)28-14-16-5-2-1-3-6-16/h1-13H,14-15H2,(H,24,26)(H,25,27). The molecule has 0 spiro atoms. The number of nitrogens with one attached hydrogen (secondary N) is 2. The minimum Gasteiger partial charge on any atom is -0.489 e. The first kappa shape index (κ1) is 20.2. The van der Waals surface area contributed by atoms with E-state index >= 15 is 0 Å². The first-order chi connectivity index (χ1) is 14.1. The molecule has 0 aliphatic carbocycles. The maximum absolute atomic E-state index is 11.9. The van der Waals surface area contributed by atoms with Crippen molar-refractivity contribution >= 4 is 23.4 Å². The molecule has 29 heavy (non-hydrogen) atoms. The zero-order valence-electron chi connectivity index (χ0n) is 15.4. The Kier molecular flexibility index (Phi) is 7.08. The molecule has 0 fully saturated rings. The number of carbonyl (C=O) groups excluding carboxylic acids is 2. The van der Waals surface area contributed by atoms with E-state index in [2.05, 4.69) is 10.9 Å². The Hall–Kier alpha value is -3.51. The van der Waals surface area contributed by atoms with Crippen molar-refractivity contribution in [3.05, 3.63) is 95.0 Å². The van der Waals surface area contributed by atoms with Gasteiger partial charge in [0.05, 0.1) is 0 Å². The minimum atomic E-state index is -0.496. The average molecular weight is 411 g/mol. The summed E-state index contributed by atoms with van der Waals surface area (Å²) in [5.74, 6) is 0.235. The molecule has 0 unspecified atom stereocenters. The van der Waals surface area contributed by atoms with Gasteiger partial charge >= 0.3 is 0 Å². The molecule has 3 rings (SSSR count). The van der Waals surface area contributed by atoms with Gasteiger partial charge in [0.2, 0.25) is 0 Å². The molecule has 3 aromatic rings. The molecule has 2 amide bonds. The van der Waals surface area contributed by atoms with Crippen LogP contribution < -0.4 is 20.3 Å². The van der Waals surface area contributed by atoms with Gasteiger partial charge in [0.15, 0.2) is 6.61 Å². The largest absolute Gasteiger partial charge is 0.489 e. The summed E-state index contributed by atoms with van der Waals surface area (Å²) in [5, 5.41) is 0.434. The van der Waals surface area contributed by atoms with Gasteiger partial charge in [-0.05, 0) is 48.0 Å². The van der Waals surface area contributed by atoms with Crippen LogP contribution in [0.2, 0.25) is 5.02 Å². The molecule has 6 nitrogen and oxygen atoms in total. The van der Waals surface area contributed by atoms with Crippen LogP contribution in [0.5, 0.6) is 11.5 Å². The van der Waals surface area contributed by atoms with E-state index in [1.165, 1.54) is 6.07 Å². The molecule has 0 atom stereocenters. The number of benzene rings is 3. The van der Waals surface area contributed by atoms with Crippen LogP contribution in [0.4, 0.5) is 0 Å². The average Bonchev–Trinajstić information content (AvgIpc) is 2.76. The highest BCUT2D eigenvalue weighted by Crippen LogP contribution is 2.18. The van der Waals surface area contributed by atoms with Crippen molar-refractivity contribution in [2.75, 3.05) is 6.61 Å². The fourth-order valence-corrected chi connectivity index (χ4v) is 2.58. The smallest absolute Gasteiger partial charge is 0.276 e. The molecule has 3 aromatic carbocycles. The number of hydrazine groups is 1. The van der Waals surface area contributed by atoms with Crippen molar-refractivity contribution in [3.8, 4) is 11.5 Å². The second-order valence-electron chi connectivity index (χ2n) is 6.05. The lowest BCUT2D eigenvalue weighted by atomic mass is 10.2. The van der Waals surface area contributed by atoms with Crippen LogP contribution in [0.25, 0.3) is 0 Å². The van der Waals surface area contributed by atoms with E-state index in [4.69, 9.17) is 21.1 Å². The number of hydrogen-bond donors (Lipinski definition) is 2. The molecular weight excluding hydrogens is 392 g/mol. The summed E-state index contributed by atoms with van der Waals surface area (Å²) in [4.78, 5) is 23.8. The Balaban J connectivity index is 1.40. The number of amides is 2. The number of hydrogen-bond acceptors (Lipinski definition) is 4. The summed E-state index contributed by atoms with van der Waals surface area (Å²) in [6.07, 6.45) is 0. The van der Waals surface area contributed by atoms with E-state index in [0.29, 0.717) is 28.7 Å². The van der Waals surface area contributed by atoms with E-state index in [1.54, 1.807) is 42.5 Å². The Bertz CT molecular complexity index is 962. The maximum Gasteiger partial charge on any atom is 0.276 e. The van der Waals surface area contributed by atoms with Gasteiger partial charge in [0, 0.05) is 10.6 Å². The predicted molar refractivity (Wildman–Crippen MR) is 110 cm³/mol. The highest BCUT2D eigenvalue weighted by molar-refractivity contribution is 6.30. The molecule has 0 aliphatic rings. The van der Waals surface area contributed by atoms with Gasteiger partial charge in [-0.2, -0.15) is 0 Å². The maximum atomic E-state index is 11.9. The topological polar surface area (TPSA) is 76.7 Å². The van der Waals surface area contributed by atoms with Crippen LogP contribution in [0.3, 0.4) is 0 Å². The number of rotatable bonds is 7. The third-order valence-corrected chi connectivity index (χ3v) is 4.08. The Morgan fingerprint density at radius 2 is 1.48 bits per heavy atom. The van der Waals surface area contributed by atoms with Gasteiger partial charge in [0.25, 0.3) is 11.8 Å². The predicted octanol–water partition coefficient (Wildman–Crippen LogP) is 3.76. The fraction of sp³-hybridized carbons (Fsp3) is 0.0909. The minimum absolute atomic E-state index is 0.250. The van der Waals surface area contributed by atoms with Crippen LogP contribution in [0, 0.1) is 0 Å². The lowest BCUT2D eigenvalue weighted by Gasteiger charge is -2.10. The fourth-order valence-electron chi connectivity index (χ4n) is 2.39. The van der Waals surface area contributed by atoms with E-state index in [9.17, 15) is 9.59 Å². The molecule has 0 heterocycles. The van der Waals surface area contributed by atoms with Gasteiger partial charge in [-0.15, -0.1) is 0 Å². The zero-order chi connectivity index (χ0) is 20.5. The number of carbonyl (C=O) groups is 2. The zero-order valence-corrected chi connectivity index (χ0v) is 16.2. The van der Waals surface area contributed by atoms with Gasteiger partial charge in [-0.25, -0.2) is 0 Å². The van der Waals surface area contributed by atoms with E-state index in [-0.39, 0.29) is 6.61 Å². The Labute approximate surface area is 173 Å². The van der Waals surface area contributed by atoms with Crippen LogP contribution in [-0.2, 0) is 11.4 Å². The van der Waals surface area contributed by atoms with Crippen LogP contribution >= 0.6 is 11.6 Å². The van der Waals surface area contributed by atoms with Crippen molar-refractivity contribution in [2.45, 2.75) is 6.61 Å². The monoisotopic (exact) mass is 410 g/mol. The van der Waals surface area contributed by atoms with Crippen LogP contribution in [0.15, 0.2) is 78.9 Å². The number of halogens is 1. The van der Waals surface area contributed by atoms with Gasteiger partial charge < -0.3 is 9.47 Å². The van der Waals surface area contributed by atoms with E-state index < -0.39 is 11.8 Å². The van der Waals surface area contributed by atoms with Crippen molar-refractivity contribution < 1.29 is 19.1 Å². The lowest BCUT2D eigenvalue weighted by molar-refractivity contribution is -0.123. The third kappa shape index (κ3) is 6.55. The third-order valence-electron chi connectivity index (χ3n) is 3.84. The first-order valence-electron chi connectivity index (χ1n) is 8.84. The molecule has 0 bridgehead atoms. The van der Waals surface area contributed by atoms with Gasteiger partial charge in [-0.3, -0.25) is 20.4 Å². The summed E-state index contributed by atoms with van der Waals surface area (Å²) >= 11 is 5.83. The van der Waals surface area contributed by atoms with Crippen molar-refractivity contribution in [1.29, 1.82) is 0 Å². The van der Waals surface area contributed by atoms with Gasteiger partial charge in [-0.1, -0.05) is 48.0 Å².